The number of benzene rings is 1. The first-order valence-corrected chi connectivity index (χ1v) is 10.6. The van der Waals surface area contributed by atoms with Crippen molar-refractivity contribution in [1.29, 1.82) is 0 Å². The maximum absolute atomic E-state index is 14.6. The van der Waals surface area contributed by atoms with Crippen molar-refractivity contribution < 1.29 is 17.6 Å². The molecule has 0 spiro atoms. The van der Waals surface area contributed by atoms with E-state index in [4.69, 9.17) is 17.3 Å². The third kappa shape index (κ3) is 4.38. The van der Waals surface area contributed by atoms with E-state index >= 15 is 0 Å². The van der Waals surface area contributed by atoms with E-state index in [1.165, 1.54) is 24.4 Å². The lowest BCUT2D eigenvalue weighted by Gasteiger charge is -2.13. The monoisotopic (exact) mass is 495 g/mol. The molecule has 1 aromatic carbocycles. The quantitative estimate of drug-likeness (QED) is 0.278. The number of hydrogen-bond acceptors (Lipinski definition) is 5. The summed E-state index contributed by atoms with van der Waals surface area (Å²) in [5.74, 6) is -0.585. The fourth-order valence-corrected chi connectivity index (χ4v) is 3.90. The second-order valence-electron chi connectivity index (χ2n) is 7.67. The summed E-state index contributed by atoms with van der Waals surface area (Å²) in [6, 6.07) is 11.9. The molecule has 0 saturated carbocycles. The summed E-state index contributed by atoms with van der Waals surface area (Å²) >= 11 is 6.07. The van der Waals surface area contributed by atoms with Gasteiger partial charge in [-0.15, -0.1) is 0 Å². The van der Waals surface area contributed by atoms with Crippen LogP contribution in [0.3, 0.4) is 0 Å². The van der Waals surface area contributed by atoms with Crippen LogP contribution in [0, 0.1) is 5.82 Å². The topological polar surface area (TPSA) is 77.6 Å². The molecule has 0 amide bonds. The Labute approximate surface area is 201 Å². The summed E-state index contributed by atoms with van der Waals surface area (Å²) in [7, 11) is 0. The normalized spacial score (nSPS) is 11.7. The van der Waals surface area contributed by atoms with Crippen LogP contribution in [0.25, 0.3) is 44.5 Å². The van der Waals surface area contributed by atoms with Crippen LogP contribution in [0.15, 0.2) is 73.3 Å². The highest BCUT2D eigenvalue weighted by molar-refractivity contribution is 6.30. The molecule has 5 rings (SSSR count). The van der Waals surface area contributed by atoms with E-state index in [9.17, 15) is 17.6 Å². The second kappa shape index (κ2) is 8.59. The number of nitrogens with zero attached hydrogens (tertiary/aromatic N) is 4. The molecular formula is C25H14ClF4N5. The zero-order valence-corrected chi connectivity index (χ0v) is 18.4. The van der Waals surface area contributed by atoms with Gasteiger partial charge in [0.15, 0.2) is 5.65 Å². The zero-order chi connectivity index (χ0) is 24.7. The van der Waals surface area contributed by atoms with Gasteiger partial charge in [-0.05, 0) is 54.1 Å². The van der Waals surface area contributed by atoms with Crippen LogP contribution in [0.1, 0.15) is 5.56 Å². The molecule has 0 aliphatic rings. The van der Waals surface area contributed by atoms with Crippen LogP contribution in [-0.2, 0) is 6.18 Å². The Hall–Kier alpha value is -4.11. The molecule has 5 aromatic rings. The SMILES string of the molecule is Nc1ncc(C(F)(F)F)cc1-c1cncc(-c2cc(-c3cc(Cl)ccc3F)nc3ncccc23)c1. The molecule has 0 radical (unpaired) electrons. The van der Waals surface area contributed by atoms with Crippen LogP contribution in [0.4, 0.5) is 23.4 Å². The van der Waals surface area contributed by atoms with Crippen LogP contribution >= 0.6 is 11.6 Å². The number of alkyl halides is 3. The van der Waals surface area contributed by atoms with Gasteiger partial charge in [0.1, 0.15) is 11.6 Å². The molecule has 0 fully saturated rings. The summed E-state index contributed by atoms with van der Waals surface area (Å²) in [6.45, 7) is 0. The van der Waals surface area contributed by atoms with Gasteiger partial charge in [-0.1, -0.05) is 11.6 Å². The molecule has 0 aliphatic heterocycles. The van der Waals surface area contributed by atoms with E-state index in [0.717, 1.165) is 6.07 Å². The molecule has 174 valence electrons. The van der Waals surface area contributed by atoms with Gasteiger partial charge in [0.05, 0.1) is 11.3 Å². The summed E-state index contributed by atoms with van der Waals surface area (Å²) in [5, 5.41) is 0.981. The van der Waals surface area contributed by atoms with Crippen molar-refractivity contribution >= 4 is 28.5 Å². The molecule has 35 heavy (non-hydrogen) atoms. The lowest BCUT2D eigenvalue weighted by Crippen LogP contribution is -2.07. The average molecular weight is 496 g/mol. The first-order chi connectivity index (χ1) is 16.7. The Morgan fingerprint density at radius 3 is 2.37 bits per heavy atom. The van der Waals surface area contributed by atoms with Crippen LogP contribution in [-0.4, -0.2) is 19.9 Å². The van der Waals surface area contributed by atoms with E-state index in [0.29, 0.717) is 38.9 Å². The van der Waals surface area contributed by atoms with Crippen molar-refractivity contribution in [3.63, 3.8) is 0 Å². The van der Waals surface area contributed by atoms with E-state index in [-0.39, 0.29) is 22.6 Å². The molecule has 5 nitrogen and oxygen atoms in total. The maximum atomic E-state index is 14.6. The van der Waals surface area contributed by atoms with Gasteiger partial charge in [0.2, 0.25) is 0 Å². The van der Waals surface area contributed by atoms with Gasteiger partial charge in [0, 0.05) is 57.5 Å². The van der Waals surface area contributed by atoms with Gasteiger partial charge in [-0.2, -0.15) is 13.2 Å². The third-order valence-corrected chi connectivity index (χ3v) is 5.63. The number of fused-ring (bicyclic) bond motifs is 1. The molecule has 4 heterocycles. The second-order valence-corrected chi connectivity index (χ2v) is 8.11. The minimum absolute atomic E-state index is 0.0695. The minimum atomic E-state index is -4.58. The van der Waals surface area contributed by atoms with Crippen molar-refractivity contribution in [2.45, 2.75) is 6.18 Å². The molecule has 10 heteroatoms. The molecule has 2 N–H and O–H groups in total. The Morgan fingerprint density at radius 2 is 1.60 bits per heavy atom. The van der Waals surface area contributed by atoms with E-state index in [2.05, 4.69) is 19.9 Å². The Bertz CT molecular complexity index is 1590. The first-order valence-electron chi connectivity index (χ1n) is 10.2. The van der Waals surface area contributed by atoms with Gasteiger partial charge in [0.25, 0.3) is 0 Å². The molecule has 0 bridgehead atoms. The number of halogens is 5. The Kier molecular flexibility index (Phi) is 5.56. The van der Waals surface area contributed by atoms with Gasteiger partial charge >= 0.3 is 6.18 Å². The van der Waals surface area contributed by atoms with Gasteiger partial charge in [-0.3, -0.25) is 4.98 Å². The molecular weight excluding hydrogens is 482 g/mol. The third-order valence-electron chi connectivity index (χ3n) is 5.39. The molecule has 0 atom stereocenters. The summed E-state index contributed by atoms with van der Waals surface area (Å²) in [6.07, 6.45) is 0.602. The molecule has 0 unspecified atom stereocenters. The fraction of sp³-hybridized carbons (Fsp3) is 0.0400. The van der Waals surface area contributed by atoms with Gasteiger partial charge < -0.3 is 5.73 Å². The average Bonchev–Trinajstić information content (AvgIpc) is 2.84. The Balaban J connectivity index is 1.71. The number of nitrogen functional groups attached to an aromatic ring is 1. The van der Waals surface area contributed by atoms with Crippen molar-refractivity contribution in [1.82, 2.24) is 19.9 Å². The first kappa shape index (κ1) is 22.7. The van der Waals surface area contributed by atoms with Crippen molar-refractivity contribution in [2.24, 2.45) is 0 Å². The number of hydrogen-bond donors (Lipinski definition) is 1. The highest BCUT2D eigenvalue weighted by atomic mass is 35.5. The van der Waals surface area contributed by atoms with Crippen molar-refractivity contribution in [3.8, 4) is 33.5 Å². The number of rotatable bonds is 3. The molecule has 0 saturated heterocycles. The predicted octanol–water partition coefficient (Wildman–Crippen LogP) is 6.81. The van der Waals surface area contributed by atoms with Crippen LogP contribution in [0.5, 0.6) is 0 Å². The molecule has 0 aliphatic carbocycles. The highest BCUT2D eigenvalue weighted by Gasteiger charge is 2.31. The largest absolute Gasteiger partial charge is 0.417 e. The number of nitrogens with two attached hydrogens (primary N) is 1. The summed E-state index contributed by atoms with van der Waals surface area (Å²) < 4.78 is 54.4. The summed E-state index contributed by atoms with van der Waals surface area (Å²) in [5.41, 5.74) is 7.36. The summed E-state index contributed by atoms with van der Waals surface area (Å²) in [4.78, 5) is 16.7. The minimum Gasteiger partial charge on any atom is -0.383 e. The standard InChI is InChI=1S/C25H14ClF4N5/c26-16-3-4-21(27)20(8-16)22-9-18(17-2-1-5-33-24(17)35-22)13-6-14(11-32-10-13)19-7-15(25(28,29)30)12-34-23(19)31/h1-12H,(H2,31,34). The lowest BCUT2D eigenvalue weighted by molar-refractivity contribution is -0.137. The van der Waals surface area contributed by atoms with Crippen molar-refractivity contribution in [3.05, 3.63) is 89.7 Å². The van der Waals surface area contributed by atoms with E-state index < -0.39 is 17.6 Å². The number of aromatic nitrogens is 4. The lowest BCUT2D eigenvalue weighted by atomic mass is 9.98. The van der Waals surface area contributed by atoms with Gasteiger partial charge in [-0.25, -0.2) is 19.3 Å². The van der Waals surface area contributed by atoms with Crippen molar-refractivity contribution in [2.75, 3.05) is 5.73 Å². The van der Waals surface area contributed by atoms with Crippen LogP contribution < -0.4 is 5.73 Å². The van der Waals surface area contributed by atoms with E-state index in [1.807, 2.05) is 0 Å². The zero-order valence-electron chi connectivity index (χ0n) is 17.7. The predicted molar refractivity (Wildman–Crippen MR) is 126 cm³/mol. The fourth-order valence-electron chi connectivity index (χ4n) is 3.72. The number of pyridine rings is 4. The Morgan fingerprint density at radius 1 is 0.829 bits per heavy atom. The maximum Gasteiger partial charge on any atom is 0.417 e. The highest BCUT2D eigenvalue weighted by Crippen LogP contribution is 2.37. The van der Waals surface area contributed by atoms with Crippen LogP contribution in [0.2, 0.25) is 5.02 Å². The smallest absolute Gasteiger partial charge is 0.383 e. The molecule has 4 aromatic heterocycles. The number of anilines is 1. The van der Waals surface area contributed by atoms with E-state index in [1.54, 1.807) is 36.7 Å².